The Morgan fingerprint density at radius 2 is 2.00 bits per heavy atom. The van der Waals surface area contributed by atoms with E-state index < -0.39 is 0 Å². The average Bonchev–Trinajstić information content (AvgIpc) is 2.29. The molecule has 2 atom stereocenters. The van der Waals surface area contributed by atoms with Crippen LogP contribution in [0.5, 0.6) is 5.75 Å². The summed E-state index contributed by atoms with van der Waals surface area (Å²) in [6, 6.07) is 8.47. The SMILES string of the molecule is CC[C@@H](c1cccc(OC)c1)[C@H](C)CN(C)C. The Labute approximate surface area is 106 Å². The molecule has 0 aromatic heterocycles. The first-order valence-corrected chi connectivity index (χ1v) is 6.37. The van der Waals surface area contributed by atoms with Gasteiger partial charge < -0.3 is 9.64 Å². The number of ether oxygens (including phenoxy) is 1. The maximum atomic E-state index is 5.30. The van der Waals surface area contributed by atoms with Crippen LogP contribution in [0.2, 0.25) is 0 Å². The van der Waals surface area contributed by atoms with Crippen molar-refractivity contribution in [2.24, 2.45) is 5.92 Å². The van der Waals surface area contributed by atoms with Gasteiger partial charge in [-0.05, 0) is 50.0 Å². The predicted octanol–water partition coefficient (Wildman–Crippen LogP) is 3.39. The van der Waals surface area contributed by atoms with E-state index >= 15 is 0 Å². The number of methoxy groups -OCH3 is 1. The van der Waals surface area contributed by atoms with Crippen molar-refractivity contribution in [2.45, 2.75) is 26.2 Å². The maximum absolute atomic E-state index is 5.30. The lowest BCUT2D eigenvalue weighted by molar-refractivity contribution is 0.301. The van der Waals surface area contributed by atoms with Crippen LogP contribution < -0.4 is 4.74 Å². The zero-order chi connectivity index (χ0) is 12.8. The molecule has 1 rings (SSSR count). The summed E-state index contributed by atoms with van der Waals surface area (Å²) in [5.41, 5.74) is 1.39. The highest BCUT2D eigenvalue weighted by Gasteiger charge is 2.18. The van der Waals surface area contributed by atoms with Crippen LogP contribution in [0.25, 0.3) is 0 Å². The molecule has 2 heteroatoms. The molecule has 1 aromatic rings. The molecule has 0 saturated heterocycles. The molecule has 2 nitrogen and oxygen atoms in total. The summed E-state index contributed by atoms with van der Waals surface area (Å²) in [4.78, 5) is 2.26. The van der Waals surface area contributed by atoms with Gasteiger partial charge in [0.1, 0.15) is 5.75 Å². The van der Waals surface area contributed by atoms with Crippen molar-refractivity contribution >= 4 is 0 Å². The van der Waals surface area contributed by atoms with E-state index in [0.717, 1.165) is 12.3 Å². The van der Waals surface area contributed by atoms with Crippen LogP contribution in [0.3, 0.4) is 0 Å². The molecule has 0 saturated carbocycles. The molecule has 0 unspecified atom stereocenters. The van der Waals surface area contributed by atoms with E-state index in [1.807, 2.05) is 6.07 Å². The zero-order valence-electron chi connectivity index (χ0n) is 11.7. The molecule has 1 aromatic carbocycles. The highest BCUT2D eigenvalue weighted by molar-refractivity contribution is 5.31. The normalized spacial score (nSPS) is 14.7. The summed E-state index contributed by atoms with van der Waals surface area (Å²) in [5, 5.41) is 0. The Morgan fingerprint density at radius 3 is 2.53 bits per heavy atom. The van der Waals surface area contributed by atoms with Crippen molar-refractivity contribution in [2.75, 3.05) is 27.7 Å². The van der Waals surface area contributed by atoms with Gasteiger partial charge in [-0.1, -0.05) is 26.0 Å². The molecule has 0 radical (unpaired) electrons. The Hall–Kier alpha value is -1.02. The van der Waals surface area contributed by atoms with Gasteiger partial charge in [0.25, 0.3) is 0 Å². The predicted molar refractivity (Wildman–Crippen MR) is 73.7 cm³/mol. The van der Waals surface area contributed by atoms with E-state index in [-0.39, 0.29) is 0 Å². The molecule has 0 bridgehead atoms. The highest BCUT2D eigenvalue weighted by atomic mass is 16.5. The summed E-state index contributed by atoms with van der Waals surface area (Å²) in [6.45, 7) is 5.71. The Morgan fingerprint density at radius 1 is 1.29 bits per heavy atom. The summed E-state index contributed by atoms with van der Waals surface area (Å²) >= 11 is 0. The molecule has 17 heavy (non-hydrogen) atoms. The summed E-state index contributed by atoms with van der Waals surface area (Å²) in [6.07, 6.45) is 1.17. The molecule has 0 spiro atoms. The molecule has 0 aliphatic carbocycles. The van der Waals surface area contributed by atoms with Crippen molar-refractivity contribution < 1.29 is 4.74 Å². The third-order valence-corrected chi connectivity index (χ3v) is 3.30. The largest absolute Gasteiger partial charge is 0.497 e. The molecule has 96 valence electrons. The minimum atomic E-state index is 0.604. The Balaban J connectivity index is 2.84. The van der Waals surface area contributed by atoms with Gasteiger partial charge in [0.05, 0.1) is 7.11 Å². The minimum absolute atomic E-state index is 0.604. The molecule has 0 aliphatic rings. The van der Waals surface area contributed by atoms with E-state index in [9.17, 15) is 0 Å². The van der Waals surface area contributed by atoms with Gasteiger partial charge in [-0.3, -0.25) is 0 Å². The van der Waals surface area contributed by atoms with E-state index in [0.29, 0.717) is 11.8 Å². The highest BCUT2D eigenvalue weighted by Crippen LogP contribution is 2.30. The third-order valence-electron chi connectivity index (χ3n) is 3.30. The number of hydrogen-bond donors (Lipinski definition) is 0. The second-order valence-corrected chi connectivity index (χ2v) is 5.03. The first-order valence-electron chi connectivity index (χ1n) is 6.37. The lowest BCUT2D eigenvalue weighted by Crippen LogP contribution is -2.24. The zero-order valence-corrected chi connectivity index (χ0v) is 11.7. The fraction of sp³-hybridized carbons (Fsp3) is 0.600. The summed E-state index contributed by atoms with van der Waals surface area (Å²) in [7, 11) is 5.99. The monoisotopic (exact) mass is 235 g/mol. The van der Waals surface area contributed by atoms with E-state index in [4.69, 9.17) is 4.74 Å². The first-order chi connectivity index (χ1) is 8.08. The maximum Gasteiger partial charge on any atom is 0.119 e. The van der Waals surface area contributed by atoms with Gasteiger partial charge in [0.2, 0.25) is 0 Å². The molecular weight excluding hydrogens is 210 g/mol. The van der Waals surface area contributed by atoms with E-state index in [2.05, 4.69) is 51.0 Å². The number of rotatable bonds is 6. The molecular formula is C15H25NO. The quantitative estimate of drug-likeness (QED) is 0.749. The number of benzene rings is 1. The van der Waals surface area contributed by atoms with Gasteiger partial charge in [0.15, 0.2) is 0 Å². The van der Waals surface area contributed by atoms with E-state index in [1.54, 1.807) is 7.11 Å². The number of hydrogen-bond acceptors (Lipinski definition) is 2. The topological polar surface area (TPSA) is 12.5 Å². The van der Waals surface area contributed by atoms with Crippen LogP contribution >= 0.6 is 0 Å². The van der Waals surface area contributed by atoms with Gasteiger partial charge >= 0.3 is 0 Å². The molecule has 0 amide bonds. The van der Waals surface area contributed by atoms with Crippen LogP contribution in [-0.4, -0.2) is 32.6 Å². The van der Waals surface area contributed by atoms with Crippen LogP contribution in [0.4, 0.5) is 0 Å². The fourth-order valence-corrected chi connectivity index (χ4v) is 2.54. The van der Waals surface area contributed by atoms with Gasteiger partial charge in [0, 0.05) is 6.54 Å². The molecule has 0 fully saturated rings. The third kappa shape index (κ3) is 4.04. The van der Waals surface area contributed by atoms with Gasteiger partial charge in [-0.15, -0.1) is 0 Å². The average molecular weight is 235 g/mol. The van der Waals surface area contributed by atoms with Crippen LogP contribution in [0.1, 0.15) is 31.7 Å². The van der Waals surface area contributed by atoms with Crippen LogP contribution in [-0.2, 0) is 0 Å². The van der Waals surface area contributed by atoms with Crippen molar-refractivity contribution in [3.8, 4) is 5.75 Å². The van der Waals surface area contributed by atoms with E-state index in [1.165, 1.54) is 12.0 Å². The minimum Gasteiger partial charge on any atom is -0.497 e. The first kappa shape index (κ1) is 14.0. The molecule has 0 heterocycles. The van der Waals surface area contributed by atoms with Gasteiger partial charge in [-0.2, -0.15) is 0 Å². The van der Waals surface area contributed by atoms with Crippen molar-refractivity contribution in [1.82, 2.24) is 4.90 Å². The van der Waals surface area contributed by atoms with Gasteiger partial charge in [-0.25, -0.2) is 0 Å². The summed E-state index contributed by atoms with van der Waals surface area (Å²) < 4.78 is 5.30. The second kappa shape index (κ2) is 6.65. The lowest BCUT2D eigenvalue weighted by atomic mass is 9.85. The lowest BCUT2D eigenvalue weighted by Gasteiger charge is -2.26. The standard InChI is InChI=1S/C15H25NO/c1-6-15(12(2)11-16(3)4)13-8-7-9-14(10-13)17-5/h7-10,12,15H,6,11H2,1-5H3/t12-,15-/m1/s1. The van der Waals surface area contributed by atoms with Crippen LogP contribution in [0, 0.1) is 5.92 Å². The number of nitrogens with zero attached hydrogens (tertiary/aromatic N) is 1. The molecule has 0 N–H and O–H groups in total. The Kier molecular flexibility index (Phi) is 5.49. The summed E-state index contributed by atoms with van der Waals surface area (Å²) in [5.74, 6) is 2.22. The fourth-order valence-electron chi connectivity index (χ4n) is 2.54. The molecule has 0 aliphatic heterocycles. The van der Waals surface area contributed by atoms with Crippen molar-refractivity contribution in [3.05, 3.63) is 29.8 Å². The second-order valence-electron chi connectivity index (χ2n) is 5.03. The Bertz CT molecular complexity index is 335. The van der Waals surface area contributed by atoms with Crippen LogP contribution in [0.15, 0.2) is 24.3 Å². The van der Waals surface area contributed by atoms with Crippen molar-refractivity contribution in [3.63, 3.8) is 0 Å². The smallest absolute Gasteiger partial charge is 0.119 e. The van der Waals surface area contributed by atoms with Crippen molar-refractivity contribution in [1.29, 1.82) is 0 Å².